The van der Waals surface area contributed by atoms with E-state index < -0.39 is 17.5 Å². The van der Waals surface area contributed by atoms with Crippen LogP contribution in [0.15, 0.2) is 0 Å². The van der Waals surface area contributed by atoms with Gasteiger partial charge in [-0.15, -0.1) is 0 Å². The maximum atomic E-state index is 10.7. The van der Waals surface area contributed by atoms with Crippen molar-refractivity contribution in [1.82, 2.24) is 0 Å². The van der Waals surface area contributed by atoms with Gasteiger partial charge in [-0.3, -0.25) is 0 Å². The summed E-state index contributed by atoms with van der Waals surface area (Å²) in [6.45, 7) is 1.13. The van der Waals surface area contributed by atoms with Crippen LogP contribution in [-0.4, -0.2) is 48.2 Å². The molecule has 0 saturated heterocycles. The molecule has 0 saturated carbocycles. The number of carboxylic acid groups (broad SMARTS) is 2. The lowest BCUT2D eigenvalue weighted by molar-refractivity contribution is -0.904. The van der Waals surface area contributed by atoms with E-state index in [1.165, 1.54) is 21.1 Å². The fourth-order valence-corrected chi connectivity index (χ4v) is 0.648. The highest BCUT2D eigenvalue weighted by Crippen LogP contribution is 2.17. The molecular formula is C7H13NO4. The van der Waals surface area contributed by atoms with Crippen LogP contribution < -0.4 is 5.11 Å². The van der Waals surface area contributed by atoms with Crippen LogP contribution in [0.1, 0.15) is 6.92 Å². The van der Waals surface area contributed by atoms with Crippen LogP contribution >= 0.6 is 0 Å². The van der Waals surface area contributed by atoms with Gasteiger partial charge in [-0.05, 0) is 0 Å². The van der Waals surface area contributed by atoms with Gasteiger partial charge in [-0.1, -0.05) is 0 Å². The van der Waals surface area contributed by atoms with Crippen molar-refractivity contribution < 1.29 is 24.3 Å². The molecule has 5 heteroatoms. The average molecular weight is 175 g/mol. The van der Waals surface area contributed by atoms with Crippen molar-refractivity contribution in [2.24, 2.45) is 0 Å². The number of rotatable bonds is 3. The van der Waals surface area contributed by atoms with Gasteiger partial charge in [-0.2, -0.15) is 0 Å². The minimum Gasteiger partial charge on any atom is -0.543 e. The molecule has 0 aromatic heterocycles. The molecule has 0 amide bonds. The molecule has 0 heterocycles. The van der Waals surface area contributed by atoms with E-state index in [-0.39, 0.29) is 4.48 Å². The maximum absolute atomic E-state index is 10.7. The Hall–Kier alpha value is -1.10. The number of carboxylic acids is 2. The van der Waals surface area contributed by atoms with Crippen molar-refractivity contribution in [2.45, 2.75) is 12.5 Å². The normalized spacial score (nSPS) is 16.7. The molecule has 5 nitrogen and oxygen atoms in total. The Morgan fingerprint density at radius 3 is 1.67 bits per heavy atom. The molecule has 0 rings (SSSR count). The second-order valence-corrected chi connectivity index (χ2v) is 3.68. The van der Waals surface area contributed by atoms with Gasteiger partial charge in [-0.25, -0.2) is 4.79 Å². The van der Waals surface area contributed by atoms with Gasteiger partial charge in [0.15, 0.2) is 0 Å². The van der Waals surface area contributed by atoms with Crippen LogP contribution in [0.25, 0.3) is 0 Å². The fraction of sp³-hybridized carbons (Fsp3) is 0.714. The van der Waals surface area contributed by atoms with E-state index in [2.05, 4.69) is 0 Å². The third kappa shape index (κ3) is 1.40. The van der Waals surface area contributed by atoms with Crippen molar-refractivity contribution in [1.29, 1.82) is 0 Å². The predicted octanol–water partition coefficient (Wildman–Crippen LogP) is -1.71. The first-order chi connectivity index (χ1) is 5.14. The largest absolute Gasteiger partial charge is 0.543 e. The Morgan fingerprint density at radius 1 is 1.33 bits per heavy atom. The molecule has 0 fully saturated rings. The first-order valence-electron chi connectivity index (χ1n) is 3.40. The van der Waals surface area contributed by atoms with Crippen LogP contribution in [-0.2, 0) is 9.59 Å². The van der Waals surface area contributed by atoms with Crippen LogP contribution in [0.5, 0.6) is 0 Å². The van der Waals surface area contributed by atoms with Gasteiger partial charge in [0.2, 0.25) is 5.54 Å². The number of nitrogens with zero attached hydrogens (tertiary/aromatic N) is 1. The minimum atomic E-state index is -1.90. The number of hydrogen-bond acceptors (Lipinski definition) is 3. The molecule has 0 aromatic rings. The molecule has 0 aromatic carbocycles. The number of carbonyl (C=O) groups is 2. The third-order valence-electron chi connectivity index (χ3n) is 2.16. The summed E-state index contributed by atoms with van der Waals surface area (Å²) in [6, 6.07) is 0. The summed E-state index contributed by atoms with van der Waals surface area (Å²) in [5, 5.41) is 19.3. The van der Waals surface area contributed by atoms with Crippen molar-refractivity contribution in [3.8, 4) is 0 Å². The number of carbonyl (C=O) groups excluding carboxylic acids is 1. The molecule has 1 unspecified atom stereocenters. The lowest BCUT2D eigenvalue weighted by Gasteiger charge is -2.40. The maximum Gasteiger partial charge on any atom is 0.371 e. The van der Waals surface area contributed by atoms with E-state index in [4.69, 9.17) is 5.11 Å². The number of hydrogen-bond donors (Lipinski definition) is 1. The summed E-state index contributed by atoms with van der Waals surface area (Å²) in [7, 11) is 4.47. The molecule has 0 aliphatic rings. The molecule has 0 spiro atoms. The first-order valence-corrected chi connectivity index (χ1v) is 3.40. The van der Waals surface area contributed by atoms with Gasteiger partial charge >= 0.3 is 5.97 Å². The Balaban J connectivity index is 5.17. The van der Waals surface area contributed by atoms with Crippen molar-refractivity contribution in [3.63, 3.8) is 0 Å². The van der Waals surface area contributed by atoms with Crippen molar-refractivity contribution in [3.05, 3.63) is 0 Å². The minimum absolute atomic E-state index is 0.218. The molecule has 70 valence electrons. The summed E-state index contributed by atoms with van der Waals surface area (Å²) in [5.41, 5.74) is -1.90. The first kappa shape index (κ1) is 10.9. The monoisotopic (exact) mass is 175 g/mol. The van der Waals surface area contributed by atoms with E-state index in [0.29, 0.717) is 0 Å². The summed E-state index contributed by atoms with van der Waals surface area (Å²) in [5.74, 6) is -2.97. The van der Waals surface area contributed by atoms with Gasteiger partial charge in [0, 0.05) is 6.92 Å². The molecule has 0 radical (unpaired) electrons. The number of likely N-dealkylation sites (N-methyl/N-ethyl adjacent to an activating group) is 1. The Kier molecular flexibility index (Phi) is 2.49. The lowest BCUT2D eigenvalue weighted by Crippen LogP contribution is -2.68. The lowest BCUT2D eigenvalue weighted by atomic mass is 9.99. The Morgan fingerprint density at radius 2 is 1.67 bits per heavy atom. The molecule has 12 heavy (non-hydrogen) atoms. The van der Waals surface area contributed by atoms with E-state index in [1.54, 1.807) is 0 Å². The predicted molar refractivity (Wildman–Crippen MR) is 39.1 cm³/mol. The molecule has 0 bridgehead atoms. The van der Waals surface area contributed by atoms with Gasteiger partial charge in [0.25, 0.3) is 0 Å². The highest BCUT2D eigenvalue weighted by Gasteiger charge is 2.47. The second-order valence-electron chi connectivity index (χ2n) is 3.68. The molecular weight excluding hydrogens is 162 g/mol. The zero-order chi connectivity index (χ0) is 10.2. The van der Waals surface area contributed by atoms with Crippen LogP contribution in [0.2, 0.25) is 0 Å². The molecule has 0 aliphatic carbocycles. The molecule has 1 N–H and O–H groups in total. The fourth-order valence-electron chi connectivity index (χ4n) is 0.648. The van der Waals surface area contributed by atoms with Crippen molar-refractivity contribution >= 4 is 11.9 Å². The van der Waals surface area contributed by atoms with E-state index in [9.17, 15) is 14.7 Å². The van der Waals surface area contributed by atoms with Gasteiger partial charge in [0.05, 0.1) is 21.1 Å². The van der Waals surface area contributed by atoms with Crippen molar-refractivity contribution in [2.75, 3.05) is 21.1 Å². The quantitative estimate of drug-likeness (QED) is 0.409. The number of aliphatic carboxylic acids is 2. The number of quaternary nitrogens is 1. The summed E-state index contributed by atoms with van der Waals surface area (Å²) in [6.07, 6.45) is 0. The topological polar surface area (TPSA) is 77.4 Å². The van der Waals surface area contributed by atoms with Gasteiger partial charge < -0.3 is 19.5 Å². The van der Waals surface area contributed by atoms with E-state index >= 15 is 0 Å². The second kappa shape index (κ2) is 2.75. The smallest absolute Gasteiger partial charge is 0.371 e. The van der Waals surface area contributed by atoms with Gasteiger partial charge in [0.1, 0.15) is 5.97 Å². The molecule has 1 atom stereocenters. The SMILES string of the molecule is CC(C(=O)[O-])(C(=O)O)[N+](C)(C)C. The summed E-state index contributed by atoms with van der Waals surface area (Å²) < 4.78 is -0.218. The average Bonchev–Trinajstić information content (AvgIpc) is 1.82. The molecule has 0 aliphatic heterocycles. The summed E-state index contributed by atoms with van der Waals surface area (Å²) >= 11 is 0. The highest BCUT2D eigenvalue weighted by molar-refractivity contribution is 6.00. The van der Waals surface area contributed by atoms with E-state index in [0.717, 1.165) is 6.92 Å². The highest BCUT2D eigenvalue weighted by atomic mass is 16.4. The standard InChI is InChI=1S/C7H13NO4/c1-7(5(9)10,6(11)12)8(2,3)4/h1-4H3,(H-,9,10,11,12). The van der Waals surface area contributed by atoms with Crippen LogP contribution in [0, 0.1) is 0 Å². The van der Waals surface area contributed by atoms with Crippen LogP contribution in [0.4, 0.5) is 0 Å². The Bertz CT molecular complexity index is 202. The zero-order valence-electron chi connectivity index (χ0n) is 7.62. The third-order valence-corrected chi connectivity index (χ3v) is 2.16. The van der Waals surface area contributed by atoms with E-state index in [1.807, 2.05) is 0 Å². The summed E-state index contributed by atoms with van der Waals surface area (Å²) in [4.78, 5) is 21.3. The van der Waals surface area contributed by atoms with Crippen LogP contribution in [0.3, 0.4) is 0 Å². The Labute approximate surface area is 70.8 Å². The zero-order valence-corrected chi connectivity index (χ0v) is 7.62.